The monoisotopic (exact) mass is 327 g/mol. The Kier molecular flexibility index (Phi) is 6.37. The van der Waals surface area contributed by atoms with E-state index in [-0.39, 0.29) is 5.91 Å². The van der Waals surface area contributed by atoms with E-state index in [0.717, 1.165) is 0 Å². The van der Waals surface area contributed by atoms with Gasteiger partial charge >= 0.3 is 5.97 Å². The number of ether oxygens (including phenoxy) is 2. The number of amides is 1. The van der Waals surface area contributed by atoms with Crippen LogP contribution in [0, 0.1) is 0 Å². The highest BCUT2D eigenvalue weighted by Gasteiger charge is 2.25. The molecular weight excluding hydrogens is 306 g/mol. The minimum absolute atomic E-state index is 0.385. The highest BCUT2D eigenvalue weighted by molar-refractivity contribution is 5.95. The van der Waals surface area contributed by atoms with Crippen molar-refractivity contribution in [2.75, 3.05) is 5.32 Å². The molecule has 1 N–H and O–H groups in total. The van der Waals surface area contributed by atoms with Crippen LogP contribution in [-0.4, -0.2) is 24.1 Å². The highest BCUT2D eigenvalue weighted by atomic mass is 16.6. The van der Waals surface area contributed by atoms with Crippen molar-refractivity contribution in [1.82, 2.24) is 0 Å². The summed E-state index contributed by atoms with van der Waals surface area (Å²) in [7, 11) is 0. The van der Waals surface area contributed by atoms with Crippen molar-refractivity contribution in [3.8, 4) is 5.75 Å². The van der Waals surface area contributed by atoms with Gasteiger partial charge in [0.05, 0.1) is 0 Å². The number of nitrogens with one attached hydrogen (secondary N) is 1. The molecule has 126 valence electrons. The van der Waals surface area contributed by atoms with E-state index in [9.17, 15) is 9.59 Å². The van der Waals surface area contributed by atoms with Crippen LogP contribution >= 0.6 is 0 Å². The average Bonchev–Trinajstić information content (AvgIpc) is 2.61. The number of hydrogen-bond acceptors (Lipinski definition) is 4. The molecule has 0 heterocycles. The van der Waals surface area contributed by atoms with Crippen LogP contribution in [0.4, 0.5) is 5.69 Å². The Morgan fingerprint density at radius 3 is 2.17 bits per heavy atom. The lowest BCUT2D eigenvalue weighted by Gasteiger charge is -2.19. The van der Waals surface area contributed by atoms with Gasteiger partial charge in [-0.05, 0) is 37.6 Å². The quantitative estimate of drug-likeness (QED) is 0.792. The molecule has 2 atom stereocenters. The van der Waals surface area contributed by atoms with Gasteiger partial charge < -0.3 is 14.8 Å². The minimum atomic E-state index is -0.911. The van der Waals surface area contributed by atoms with Crippen LogP contribution in [-0.2, 0) is 14.3 Å². The molecule has 2 aromatic rings. The zero-order valence-corrected chi connectivity index (χ0v) is 13.8. The van der Waals surface area contributed by atoms with Gasteiger partial charge in [-0.1, -0.05) is 43.3 Å². The first-order chi connectivity index (χ1) is 11.6. The summed E-state index contributed by atoms with van der Waals surface area (Å²) in [4.78, 5) is 24.3. The second-order valence-electron chi connectivity index (χ2n) is 5.26. The van der Waals surface area contributed by atoms with Crippen LogP contribution in [0.1, 0.15) is 20.3 Å². The Morgan fingerprint density at radius 2 is 1.58 bits per heavy atom. The lowest BCUT2D eigenvalue weighted by molar-refractivity contribution is -0.160. The van der Waals surface area contributed by atoms with E-state index in [1.807, 2.05) is 43.3 Å². The molecule has 1 amide bonds. The molecule has 5 heteroatoms. The molecule has 0 saturated heterocycles. The fourth-order valence-corrected chi connectivity index (χ4v) is 2.03. The Morgan fingerprint density at radius 1 is 1.00 bits per heavy atom. The number of hydrogen-bond donors (Lipinski definition) is 1. The first-order valence-electron chi connectivity index (χ1n) is 7.88. The van der Waals surface area contributed by atoms with E-state index in [1.165, 1.54) is 6.92 Å². The van der Waals surface area contributed by atoms with Crippen LogP contribution in [0.2, 0.25) is 0 Å². The second kappa shape index (κ2) is 8.72. The van der Waals surface area contributed by atoms with Gasteiger partial charge in [0.2, 0.25) is 0 Å². The molecule has 2 rings (SSSR count). The zero-order valence-electron chi connectivity index (χ0n) is 13.8. The summed E-state index contributed by atoms with van der Waals surface area (Å²) in [6.07, 6.45) is -1.22. The number of esters is 1. The van der Waals surface area contributed by atoms with E-state index in [4.69, 9.17) is 9.47 Å². The van der Waals surface area contributed by atoms with Crippen LogP contribution in [0.15, 0.2) is 60.7 Å². The lowest BCUT2D eigenvalue weighted by Crippen LogP contribution is -2.36. The Hall–Kier alpha value is -2.82. The van der Waals surface area contributed by atoms with Crippen molar-refractivity contribution in [3.05, 3.63) is 60.7 Å². The summed E-state index contributed by atoms with van der Waals surface area (Å²) in [5.41, 5.74) is 0.651. The number of anilines is 1. The van der Waals surface area contributed by atoms with Gasteiger partial charge in [0.15, 0.2) is 12.2 Å². The average molecular weight is 327 g/mol. The summed E-state index contributed by atoms with van der Waals surface area (Å²) >= 11 is 0. The van der Waals surface area contributed by atoms with Crippen LogP contribution in [0.25, 0.3) is 0 Å². The van der Waals surface area contributed by atoms with E-state index < -0.39 is 18.2 Å². The Labute approximate surface area is 141 Å². The van der Waals surface area contributed by atoms with Crippen molar-refractivity contribution < 1.29 is 19.1 Å². The summed E-state index contributed by atoms with van der Waals surface area (Å²) < 4.78 is 10.9. The van der Waals surface area contributed by atoms with E-state index in [1.54, 1.807) is 24.3 Å². The van der Waals surface area contributed by atoms with Gasteiger partial charge in [-0.2, -0.15) is 0 Å². The number of para-hydroxylation sites is 2. The first-order valence-corrected chi connectivity index (χ1v) is 7.88. The van der Waals surface area contributed by atoms with Crippen molar-refractivity contribution in [1.29, 1.82) is 0 Å². The van der Waals surface area contributed by atoms with Gasteiger partial charge in [0, 0.05) is 5.69 Å². The smallest absolute Gasteiger partial charge is 0.348 e. The summed E-state index contributed by atoms with van der Waals surface area (Å²) in [6, 6.07) is 18.0. The Bertz CT molecular complexity index is 658. The fourth-order valence-electron chi connectivity index (χ4n) is 2.03. The topological polar surface area (TPSA) is 64.6 Å². The third-order valence-electron chi connectivity index (χ3n) is 3.36. The molecule has 2 aromatic carbocycles. The molecule has 0 fully saturated rings. The molecule has 0 aromatic heterocycles. The van der Waals surface area contributed by atoms with E-state index in [2.05, 4.69) is 5.32 Å². The second-order valence-corrected chi connectivity index (χ2v) is 5.26. The lowest BCUT2D eigenvalue weighted by atomic mass is 10.2. The van der Waals surface area contributed by atoms with Crippen molar-refractivity contribution >= 4 is 17.6 Å². The van der Waals surface area contributed by atoms with Crippen LogP contribution in [0.5, 0.6) is 5.75 Å². The Balaban J connectivity index is 1.90. The van der Waals surface area contributed by atoms with E-state index in [0.29, 0.717) is 17.9 Å². The van der Waals surface area contributed by atoms with Crippen molar-refractivity contribution in [2.24, 2.45) is 0 Å². The van der Waals surface area contributed by atoms with Gasteiger partial charge in [-0.25, -0.2) is 4.79 Å². The maximum Gasteiger partial charge on any atom is 0.348 e. The van der Waals surface area contributed by atoms with Gasteiger partial charge in [0.1, 0.15) is 5.75 Å². The number of rotatable bonds is 7. The third kappa shape index (κ3) is 5.12. The summed E-state index contributed by atoms with van der Waals surface area (Å²) in [5.74, 6) is -0.358. The van der Waals surface area contributed by atoms with Gasteiger partial charge in [-0.15, -0.1) is 0 Å². The van der Waals surface area contributed by atoms with Gasteiger partial charge in [-0.3, -0.25) is 4.79 Å². The maximum absolute atomic E-state index is 12.2. The predicted octanol–water partition coefficient (Wildman–Crippen LogP) is 3.41. The van der Waals surface area contributed by atoms with Crippen molar-refractivity contribution in [3.63, 3.8) is 0 Å². The summed E-state index contributed by atoms with van der Waals surface area (Å²) in [6.45, 7) is 3.36. The molecule has 0 unspecified atom stereocenters. The van der Waals surface area contributed by atoms with Gasteiger partial charge in [0.25, 0.3) is 5.91 Å². The van der Waals surface area contributed by atoms with Crippen LogP contribution < -0.4 is 10.1 Å². The van der Waals surface area contributed by atoms with Crippen LogP contribution in [0.3, 0.4) is 0 Å². The molecular formula is C19H21NO4. The molecule has 5 nitrogen and oxygen atoms in total. The number of carbonyl (C=O) groups is 2. The molecule has 0 bridgehead atoms. The minimum Gasteiger partial charge on any atom is -0.479 e. The molecule has 24 heavy (non-hydrogen) atoms. The van der Waals surface area contributed by atoms with E-state index >= 15 is 0 Å². The largest absolute Gasteiger partial charge is 0.479 e. The molecule has 0 radical (unpaired) electrons. The maximum atomic E-state index is 12.2. The fraction of sp³-hybridized carbons (Fsp3) is 0.263. The highest BCUT2D eigenvalue weighted by Crippen LogP contribution is 2.14. The first kappa shape index (κ1) is 17.5. The van der Waals surface area contributed by atoms with Crippen molar-refractivity contribution in [2.45, 2.75) is 32.5 Å². The molecule has 0 aliphatic heterocycles. The molecule has 0 aliphatic rings. The SMILES string of the molecule is CC[C@H](Oc1ccccc1)C(=O)O[C@H](C)C(=O)Nc1ccccc1. The molecule has 0 aliphatic carbocycles. The molecule has 0 spiro atoms. The number of benzene rings is 2. The molecule has 0 saturated carbocycles. The number of carbonyl (C=O) groups excluding carboxylic acids is 2. The third-order valence-corrected chi connectivity index (χ3v) is 3.36. The summed E-state index contributed by atoms with van der Waals surface area (Å²) in [5, 5.41) is 2.70. The normalized spacial score (nSPS) is 12.8. The predicted molar refractivity (Wildman–Crippen MR) is 91.8 cm³/mol. The zero-order chi connectivity index (χ0) is 17.4. The standard InChI is InChI=1S/C19H21NO4/c1-3-17(24-16-12-8-5-9-13-16)19(22)23-14(2)18(21)20-15-10-6-4-7-11-15/h4-14,17H,3H2,1-2H3,(H,20,21)/t14-,17+/m1/s1.